The minimum Gasteiger partial charge on any atom is -0.478 e. The molecule has 1 fully saturated rings. The second kappa shape index (κ2) is 6.43. The van der Waals surface area contributed by atoms with Gasteiger partial charge in [0.05, 0.1) is 16.6 Å². The number of carbonyl (C=O) groups is 1. The fraction of sp³-hybridized carbons (Fsp3) is 0.462. The molecular formula is C13H16BrNO5S. The Morgan fingerprint density at radius 1 is 1.48 bits per heavy atom. The molecule has 0 amide bonds. The maximum Gasteiger partial charge on any atom is 0.336 e. The molecule has 8 heteroatoms. The van der Waals surface area contributed by atoms with E-state index in [2.05, 4.69) is 15.9 Å². The first-order valence-corrected chi connectivity index (χ1v) is 8.70. The summed E-state index contributed by atoms with van der Waals surface area (Å²) in [6.07, 6.45) is 0.433. The second-order valence-electron chi connectivity index (χ2n) is 4.84. The van der Waals surface area contributed by atoms with E-state index < -0.39 is 16.0 Å². The van der Waals surface area contributed by atoms with Gasteiger partial charge in [0.15, 0.2) is 0 Å². The number of rotatable bonds is 3. The molecule has 0 spiro atoms. The lowest BCUT2D eigenvalue weighted by molar-refractivity contribution is 0.0695. The molecule has 1 aliphatic rings. The normalized spacial score (nSPS) is 21.0. The number of carboxylic acids is 1. The Balaban J connectivity index is 2.39. The van der Waals surface area contributed by atoms with E-state index in [0.29, 0.717) is 24.0 Å². The average Bonchev–Trinajstić information content (AvgIpc) is 2.63. The summed E-state index contributed by atoms with van der Waals surface area (Å²) in [6.45, 7) is 2.97. The Labute approximate surface area is 131 Å². The molecule has 1 saturated heterocycles. The van der Waals surface area contributed by atoms with Crippen molar-refractivity contribution in [2.75, 3.05) is 19.7 Å². The standard InChI is InChI=1S/C13H16BrNO5S/c1-9-8-15(5-2-6-20-9)21(18,19)10-3-4-12(14)11(7-10)13(16)17/h3-4,7,9H,2,5-6,8H2,1H3,(H,16,17). The predicted octanol–water partition coefficient (Wildman–Crippen LogP) is 1.95. The van der Waals surface area contributed by atoms with Crippen LogP contribution >= 0.6 is 15.9 Å². The maximum absolute atomic E-state index is 12.6. The molecule has 0 aliphatic carbocycles. The Kier molecular flexibility index (Phi) is 5.03. The van der Waals surface area contributed by atoms with Crippen LogP contribution in [0.3, 0.4) is 0 Å². The van der Waals surface area contributed by atoms with Gasteiger partial charge >= 0.3 is 5.97 Å². The fourth-order valence-electron chi connectivity index (χ4n) is 2.15. The summed E-state index contributed by atoms with van der Waals surface area (Å²) in [5.41, 5.74) is -0.0739. The summed E-state index contributed by atoms with van der Waals surface area (Å²) in [5, 5.41) is 9.09. The lowest BCUT2D eigenvalue weighted by atomic mass is 10.2. The van der Waals surface area contributed by atoms with Crippen LogP contribution in [0.15, 0.2) is 27.6 Å². The van der Waals surface area contributed by atoms with E-state index >= 15 is 0 Å². The molecule has 6 nitrogen and oxygen atoms in total. The lowest BCUT2D eigenvalue weighted by Gasteiger charge is -2.22. The number of sulfonamides is 1. The molecule has 1 aromatic carbocycles. The molecule has 1 unspecified atom stereocenters. The monoisotopic (exact) mass is 377 g/mol. The van der Waals surface area contributed by atoms with Gasteiger partial charge in [-0.1, -0.05) is 0 Å². The SMILES string of the molecule is CC1CN(S(=O)(=O)c2ccc(Br)c(C(=O)O)c2)CCCO1. The highest BCUT2D eigenvalue weighted by atomic mass is 79.9. The summed E-state index contributed by atoms with van der Waals surface area (Å²) < 4.78 is 32.4. The van der Waals surface area contributed by atoms with Crippen molar-refractivity contribution in [1.82, 2.24) is 4.31 Å². The molecular weight excluding hydrogens is 362 g/mol. The summed E-state index contributed by atoms with van der Waals surface area (Å²) in [5.74, 6) is -1.17. The van der Waals surface area contributed by atoms with E-state index in [4.69, 9.17) is 9.84 Å². The molecule has 0 aromatic heterocycles. The van der Waals surface area contributed by atoms with Gasteiger partial charge < -0.3 is 9.84 Å². The summed E-state index contributed by atoms with van der Waals surface area (Å²) in [4.78, 5) is 11.1. The number of nitrogens with zero attached hydrogens (tertiary/aromatic N) is 1. The van der Waals surface area contributed by atoms with Crippen LogP contribution in [0.4, 0.5) is 0 Å². The van der Waals surface area contributed by atoms with Crippen LogP contribution in [0.25, 0.3) is 0 Å². The van der Waals surface area contributed by atoms with Crippen molar-refractivity contribution in [1.29, 1.82) is 0 Å². The van der Waals surface area contributed by atoms with Crippen molar-refractivity contribution < 1.29 is 23.1 Å². The van der Waals surface area contributed by atoms with Crippen molar-refractivity contribution in [3.05, 3.63) is 28.2 Å². The van der Waals surface area contributed by atoms with Crippen LogP contribution in [0.1, 0.15) is 23.7 Å². The number of aromatic carboxylic acids is 1. The lowest BCUT2D eigenvalue weighted by Crippen LogP contribution is -2.36. The Morgan fingerprint density at radius 3 is 2.86 bits per heavy atom. The maximum atomic E-state index is 12.6. The topological polar surface area (TPSA) is 83.9 Å². The molecule has 1 atom stereocenters. The quantitative estimate of drug-likeness (QED) is 0.869. The van der Waals surface area contributed by atoms with Gasteiger partial charge in [-0.15, -0.1) is 0 Å². The van der Waals surface area contributed by atoms with Gasteiger partial charge in [-0.25, -0.2) is 13.2 Å². The molecule has 1 aromatic rings. The van der Waals surface area contributed by atoms with Crippen molar-refractivity contribution in [3.63, 3.8) is 0 Å². The van der Waals surface area contributed by atoms with Gasteiger partial charge in [-0.05, 0) is 47.5 Å². The largest absolute Gasteiger partial charge is 0.478 e. The Bertz CT molecular complexity index is 646. The van der Waals surface area contributed by atoms with Crippen LogP contribution < -0.4 is 0 Å². The van der Waals surface area contributed by atoms with E-state index in [1.807, 2.05) is 6.92 Å². The van der Waals surface area contributed by atoms with Crippen LogP contribution in [0.5, 0.6) is 0 Å². The van der Waals surface area contributed by atoms with Crippen LogP contribution in [0.2, 0.25) is 0 Å². The van der Waals surface area contributed by atoms with Gasteiger partial charge in [-0.2, -0.15) is 4.31 Å². The second-order valence-corrected chi connectivity index (χ2v) is 7.64. The molecule has 2 rings (SSSR count). The molecule has 0 radical (unpaired) electrons. The van der Waals surface area contributed by atoms with Crippen molar-refractivity contribution in [2.24, 2.45) is 0 Å². The molecule has 116 valence electrons. The van der Waals surface area contributed by atoms with E-state index in [1.165, 1.54) is 22.5 Å². The zero-order valence-electron chi connectivity index (χ0n) is 11.5. The first-order chi connectivity index (χ1) is 9.82. The van der Waals surface area contributed by atoms with Crippen molar-refractivity contribution >= 4 is 31.9 Å². The zero-order valence-corrected chi connectivity index (χ0v) is 13.9. The number of hydrogen-bond donors (Lipinski definition) is 1. The number of hydrogen-bond acceptors (Lipinski definition) is 4. The van der Waals surface area contributed by atoms with E-state index in [-0.39, 0.29) is 23.1 Å². The van der Waals surface area contributed by atoms with Gasteiger partial charge in [0.2, 0.25) is 10.0 Å². The van der Waals surface area contributed by atoms with Gasteiger partial charge in [-0.3, -0.25) is 0 Å². The molecule has 0 bridgehead atoms. The first kappa shape index (κ1) is 16.4. The number of ether oxygens (including phenoxy) is 1. The average molecular weight is 378 g/mol. The smallest absolute Gasteiger partial charge is 0.336 e. The summed E-state index contributed by atoms with van der Waals surface area (Å²) >= 11 is 3.11. The minimum atomic E-state index is -3.72. The van der Waals surface area contributed by atoms with E-state index in [9.17, 15) is 13.2 Å². The van der Waals surface area contributed by atoms with Crippen molar-refractivity contribution in [2.45, 2.75) is 24.3 Å². The first-order valence-electron chi connectivity index (χ1n) is 6.47. The molecule has 21 heavy (non-hydrogen) atoms. The van der Waals surface area contributed by atoms with Crippen LogP contribution in [0, 0.1) is 0 Å². The van der Waals surface area contributed by atoms with Crippen molar-refractivity contribution in [3.8, 4) is 0 Å². The highest BCUT2D eigenvalue weighted by Gasteiger charge is 2.28. The number of carboxylic acid groups (broad SMARTS) is 1. The van der Waals surface area contributed by atoms with E-state index in [1.54, 1.807) is 0 Å². The molecule has 1 N–H and O–H groups in total. The third-order valence-corrected chi connectivity index (χ3v) is 5.77. The third-order valence-electron chi connectivity index (χ3n) is 3.22. The van der Waals surface area contributed by atoms with Gasteiger partial charge in [0.1, 0.15) is 0 Å². The fourth-order valence-corrected chi connectivity index (χ4v) is 4.15. The van der Waals surface area contributed by atoms with Gasteiger partial charge in [0, 0.05) is 24.2 Å². The highest BCUT2D eigenvalue weighted by molar-refractivity contribution is 9.10. The highest BCUT2D eigenvalue weighted by Crippen LogP contribution is 2.24. The summed E-state index contributed by atoms with van der Waals surface area (Å²) in [6, 6.07) is 4.02. The number of benzene rings is 1. The summed E-state index contributed by atoms with van der Waals surface area (Å²) in [7, 11) is -3.72. The van der Waals surface area contributed by atoms with Gasteiger partial charge in [0.25, 0.3) is 0 Å². The Morgan fingerprint density at radius 2 is 2.19 bits per heavy atom. The molecule has 1 heterocycles. The number of halogens is 1. The van der Waals surface area contributed by atoms with Crippen LogP contribution in [-0.4, -0.2) is 49.6 Å². The third kappa shape index (κ3) is 3.63. The Hall–Kier alpha value is -0.960. The van der Waals surface area contributed by atoms with E-state index in [0.717, 1.165) is 0 Å². The molecule has 0 saturated carbocycles. The van der Waals surface area contributed by atoms with Crippen LogP contribution in [-0.2, 0) is 14.8 Å². The molecule has 1 aliphatic heterocycles. The zero-order chi connectivity index (χ0) is 15.6. The minimum absolute atomic E-state index is 0.0165. The predicted molar refractivity (Wildman–Crippen MR) is 79.9 cm³/mol.